The molecule has 0 radical (unpaired) electrons. The Morgan fingerprint density at radius 2 is 1.83 bits per heavy atom. The molecule has 23 heavy (non-hydrogen) atoms. The average Bonchev–Trinajstić information content (AvgIpc) is 2.54. The molecule has 1 unspecified atom stereocenters. The van der Waals surface area contributed by atoms with Crippen LogP contribution in [-0.4, -0.2) is 30.6 Å². The molecular formula is C20H33ClN2. The van der Waals surface area contributed by atoms with Crippen molar-refractivity contribution in [1.82, 2.24) is 4.90 Å². The lowest BCUT2D eigenvalue weighted by Crippen LogP contribution is -2.42. The number of likely N-dealkylation sites (tertiary alicyclic amines) is 1. The molecule has 1 aromatic rings. The normalized spacial score (nSPS) is 18.5. The molecule has 0 amide bonds. The first-order chi connectivity index (χ1) is 11.1. The number of rotatable bonds is 8. The van der Waals surface area contributed by atoms with Crippen LogP contribution in [0.2, 0.25) is 5.02 Å². The summed E-state index contributed by atoms with van der Waals surface area (Å²) in [5.41, 5.74) is 7.49. The number of hydrogen-bond acceptors (Lipinski definition) is 2. The van der Waals surface area contributed by atoms with E-state index in [9.17, 15) is 0 Å². The summed E-state index contributed by atoms with van der Waals surface area (Å²) >= 11 is 6.28. The first kappa shape index (κ1) is 18.8. The van der Waals surface area contributed by atoms with Crippen molar-refractivity contribution in [3.63, 3.8) is 0 Å². The van der Waals surface area contributed by atoms with Gasteiger partial charge in [0.2, 0.25) is 0 Å². The van der Waals surface area contributed by atoms with E-state index in [2.05, 4.69) is 36.9 Å². The van der Waals surface area contributed by atoms with E-state index in [-0.39, 0.29) is 0 Å². The minimum absolute atomic E-state index is 0.401. The van der Waals surface area contributed by atoms with Crippen molar-refractivity contribution in [2.75, 3.05) is 19.6 Å². The fourth-order valence-corrected chi connectivity index (χ4v) is 4.16. The van der Waals surface area contributed by atoms with Crippen LogP contribution in [0.3, 0.4) is 0 Å². The van der Waals surface area contributed by atoms with Crippen LogP contribution in [0.15, 0.2) is 24.3 Å². The molecule has 0 aromatic heterocycles. The lowest BCUT2D eigenvalue weighted by atomic mass is 9.80. The molecule has 1 heterocycles. The standard InChI is InChI=1S/C20H33ClN2/c1-3-6-16(7-4-2)20(17-8-5-9-18(21)14-17)15-23-12-10-19(22)11-13-23/h5,8-9,14,16,19-20H,3-4,6-7,10-13,15,22H2,1-2H3. The quantitative estimate of drug-likeness (QED) is 0.718. The second-order valence-corrected chi connectivity index (χ2v) is 7.57. The SMILES string of the molecule is CCCC(CCC)C(CN1CCC(N)CC1)c1cccc(Cl)c1. The predicted octanol–water partition coefficient (Wildman–Crippen LogP) is 5.06. The lowest BCUT2D eigenvalue weighted by molar-refractivity contribution is 0.178. The fraction of sp³-hybridized carbons (Fsp3) is 0.700. The number of halogens is 1. The van der Waals surface area contributed by atoms with E-state index in [0.29, 0.717) is 12.0 Å². The number of nitrogens with zero attached hydrogens (tertiary/aromatic N) is 1. The second kappa shape index (κ2) is 9.66. The average molecular weight is 337 g/mol. The number of piperidine rings is 1. The van der Waals surface area contributed by atoms with Gasteiger partial charge in [-0.3, -0.25) is 0 Å². The second-order valence-electron chi connectivity index (χ2n) is 7.14. The molecule has 1 atom stereocenters. The van der Waals surface area contributed by atoms with Gasteiger partial charge in [0.25, 0.3) is 0 Å². The molecule has 1 aliphatic heterocycles. The Hall–Kier alpha value is -0.570. The highest BCUT2D eigenvalue weighted by molar-refractivity contribution is 6.30. The van der Waals surface area contributed by atoms with Gasteiger partial charge in [-0.25, -0.2) is 0 Å². The van der Waals surface area contributed by atoms with E-state index in [1.54, 1.807) is 0 Å². The van der Waals surface area contributed by atoms with Gasteiger partial charge in [-0.15, -0.1) is 0 Å². The molecule has 0 spiro atoms. The zero-order chi connectivity index (χ0) is 16.7. The van der Waals surface area contributed by atoms with E-state index in [1.165, 1.54) is 31.2 Å². The van der Waals surface area contributed by atoms with Gasteiger partial charge in [0.1, 0.15) is 0 Å². The van der Waals surface area contributed by atoms with Crippen molar-refractivity contribution < 1.29 is 0 Å². The van der Waals surface area contributed by atoms with Crippen molar-refractivity contribution in [3.8, 4) is 0 Å². The molecule has 0 bridgehead atoms. The number of benzene rings is 1. The van der Waals surface area contributed by atoms with Crippen molar-refractivity contribution in [1.29, 1.82) is 0 Å². The molecule has 1 fully saturated rings. The molecule has 2 N–H and O–H groups in total. The van der Waals surface area contributed by atoms with Crippen molar-refractivity contribution in [2.24, 2.45) is 11.7 Å². The molecule has 130 valence electrons. The Morgan fingerprint density at radius 3 is 2.39 bits per heavy atom. The van der Waals surface area contributed by atoms with E-state index in [1.807, 2.05) is 6.07 Å². The van der Waals surface area contributed by atoms with Gasteiger partial charge in [-0.05, 0) is 55.5 Å². The summed E-state index contributed by atoms with van der Waals surface area (Å²) < 4.78 is 0. The zero-order valence-electron chi connectivity index (χ0n) is 14.8. The molecular weight excluding hydrogens is 304 g/mol. The van der Waals surface area contributed by atoms with Crippen molar-refractivity contribution in [3.05, 3.63) is 34.9 Å². The van der Waals surface area contributed by atoms with Crippen molar-refractivity contribution >= 4 is 11.6 Å². The Labute approximate surface area is 147 Å². The fourth-order valence-electron chi connectivity index (χ4n) is 3.97. The smallest absolute Gasteiger partial charge is 0.0408 e. The maximum atomic E-state index is 6.28. The van der Waals surface area contributed by atoms with E-state index in [4.69, 9.17) is 17.3 Å². The third-order valence-electron chi connectivity index (χ3n) is 5.25. The highest BCUT2D eigenvalue weighted by atomic mass is 35.5. The van der Waals surface area contributed by atoms with E-state index >= 15 is 0 Å². The summed E-state index contributed by atoms with van der Waals surface area (Å²) in [5, 5.41) is 0.861. The van der Waals surface area contributed by atoms with E-state index in [0.717, 1.165) is 43.4 Å². The first-order valence-electron chi connectivity index (χ1n) is 9.37. The lowest BCUT2D eigenvalue weighted by Gasteiger charge is -2.36. The van der Waals surface area contributed by atoms with Gasteiger partial charge in [-0.1, -0.05) is 63.3 Å². The maximum absolute atomic E-state index is 6.28. The molecule has 3 heteroatoms. The van der Waals surface area contributed by atoms with Gasteiger partial charge in [0.05, 0.1) is 0 Å². The minimum Gasteiger partial charge on any atom is -0.328 e. The topological polar surface area (TPSA) is 29.3 Å². The highest BCUT2D eigenvalue weighted by Gasteiger charge is 2.26. The summed E-state index contributed by atoms with van der Waals surface area (Å²) in [4.78, 5) is 2.62. The Balaban J connectivity index is 2.15. The minimum atomic E-state index is 0.401. The Bertz CT molecular complexity index is 449. The third kappa shape index (κ3) is 5.77. The Morgan fingerprint density at radius 1 is 1.17 bits per heavy atom. The Kier molecular flexibility index (Phi) is 7.88. The molecule has 2 nitrogen and oxygen atoms in total. The van der Waals surface area contributed by atoms with Crippen LogP contribution in [0.25, 0.3) is 0 Å². The van der Waals surface area contributed by atoms with Gasteiger partial charge < -0.3 is 10.6 Å². The van der Waals surface area contributed by atoms with Gasteiger partial charge in [0.15, 0.2) is 0 Å². The van der Waals surface area contributed by atoms with E-state index < -0.39 is 0 Å². The maximum Gasteiger partial charge on any atom is 0.0408 e. The van der Waals surface area contributed by atoms with Gasteiger partial charge in [-0.2, -0.15) is 0 Å². The van der Waals surface area contributed by atoms with Crippen LogP contribution >= 0.6 is 11.6 Å². The van der Waals surface area contributed by atoms with Crippen molar-refractivity contribution in [2.45, 2.75) is 64.3 Å². The monoisotopic (exact) mass is 336 g/mol. The van der Waals surface area contributed by atoms with Gasteiger partial charge in [0, 0.05) is 17.6 Å². The molecule has 0 aliphatic carbocycles. The largest absolute Gasteiger partial charge is 0.328 e. The molecule has 1 aliphatic rings. The predicted molar refractivity (Wildman–Crippen MR) is 101 cm³/mol. The van der Waals surface area contributed by atoms with Crippen LogP contribution in [0.1, 0.15) is 63.9 Å². The summed E-state index contributed by atoms with van der Waals surface area (Å²) in [6.45, 7) is 8.04. The molecule has 0 saturated carbocycles. The molecule has 1 aromatic carbocycles. The summed E-state index contributed by atoms with van der Waals surface area (Å²) in [6, 6.07) is 8.94. The molecule has 2 rings (SSSR count). The first-order valence-corrected chi connectivity index (χ1v) is 9.75. The highest BCUT2D eigenvalue weighted by Crippen LogP contribution is 2.34. The number of hydrogen-bond donors (Lipinski definition) is 1. The van der Waals surface area contributed by atoms with Crippen LogP contribution < -0.4 is 5.73 Å². The van der Waals surface area contributed by atoms with Crippen LogP contribution in [0.4, 0.5) is 0 Å². The van der Waals surface area contributed by atoms with Crippen LogP contribution in [-0.2, 0) is 0 Å². The van der Waals surface area contributed by atoms with Gasteiger partial charge >= 0.3 is 0 Å². The number of nitrogens with two attached hydrogens (primary N) is 1. The third-order valence-corrected chi connectivity index (χ3v) is 5.49. The summed E-state index contributed by atoms with van der Waals surface area (Å²) in [7, 11) is 0. The van der Waals surface area contributed by atoms with Crippen LogP contribution in [0.5, 0.6) is 0 Å². The van der Waals surface area contributed by atoms with Crippen LogP contribution in [0, 0.1) is 5.92 Å². The summed E-state index contributed by atoms with van der Waals surface area (Å²) in [5.74, 6) is 1.34. The zero-order valence-corrected chi connectivity index (χ0v) is 15.6. The molecule has 1 saturated heterocycles. The summed E-state index contributed by atoms with van der Waals surface area (Å²) in [6.07, 6.45) is 7.39.